The average molecular weight is 368 g/mol. The van der Waals surface area contributed by atoms with Gasteiger partial charge >= 0.3 is 0 Å². The molecule has 0 bridgehead atoms. The van der Waals surface area contributed by atoms with Crippen molar-refractivity contribution < 1.29 is 4.79 Å². The lowest BCUT2D eigenvalue weighted by Crippen LogP contribution is -2.49. The fourth-order valence-corrected chi connectivity index (χ4v) is 3.31. The van der Waals surface area contributed by atoms with E-state index in [0.717, 1.165) is 31.0 Å². The molecule has 3 rings (SSSR count). The molecular formula is C21H28N4O2. The maximum Gasteiger partial charge on any atom is 0.271 e. The quantitative estimate of drug-likeness (QED) is 0.814. The SMILES string of the molecule is CCCC(=O)N1CCN(c2ccc(=O)n(-c3ccc(C(C)C)cc3)n2)CC1. The Bertz CT molecular complexity index is 834. The number of rotatable bonds is 5. The lowest BCUT2D eigenvalue weighted by molar-refractivity contribution is -0.131. The molecule has 0 aliphatic carbocycles. The second-order valence-electron chi connectivity index (χ2n) is 7.31. The van der Waals surface area contributed by atoms with Crippen molar-refractivity contribution in [1.82, 2.24) is 14.7 Å². The number of carbonyl (C=O) groups excluding carboxylic acids is 1. The monoisotopic (exact) mass is 368 g/mol. The number of aromatic nitrogens is 2. The number of hydrogen-bond donors (Lipinski definition) is 0. The van der Waals surface area contributed by atoms with Gasteiger partial charge in [-0.2, -0.15) is 4.68 Å². The lowest BCUT2D eigenvalue weighted by atomic mass is 10.0. The van der Waals surface area contributed by atoms with Crippen LogP contribution in [-0.2, 0) is 4.79 Å². The topological polar surface area (TPSA) is 58.4 Å². The Kier molecular flexibility index (Phi) is 5.94. The highest BCUT2D eigenvalue weighted by molar-refractivity contribution is 5.76. The van der Waals surface area contributed by atoms with Crippen LogP contribution in [-0.4, -0.2) is 46.8 Å². The Balaban J connectivity index is 1.76. The first-order chi connectivity index (χ1) is 13.0. The largest absolute Gasteiger partial charge is 0.352 e. The molecule has 1 fully saturated rings. The summed E-state index contributed by atoms with van der Waals surface area (Å²) in [4.78, 5) is 28.4. The summed E-state index contributed by atoms with van der Waals surface area (Å²) in [6.45, 7) is 9.16. The minimum atomic E-state index is -0.146. The maximum absolute atomic E-state index is 12.3. The van der Waals surface area contributed by atoms with Gasteiger partial charge in [-0.15, -0.1) is 5.10 Å². The molecule has 1 amide bonds. The molecule has 0 radical (unpaired) electrons. The summed E-state index contributed by atoms with van der Waals surface area (Å²) in [5, 5.41) is 4.57. The predicted octanol–water partition coefficient (Wildman–Crippen LogP) is 2.80. The number of carbonyl (C=O) groups is 1. The van der Waals surface area contributed by atoms with E-state index in [4.69, 9.17) is 0 Å². The van der Waals surface area contributed by atoms with E-state index in [2.05, 4.69) is 23.8 Å². The van der Waals surface area contributed by atoms with Crippen molar-refractivity contribution in [3.63, 3.8) is 0 Å². The van der Waals surface area contributed by atoms with Crippen LogP contribution in [0.25, 0.3) is 5.69 Å². The fraction of sp³-hybridized carbons (Fsp3) is 0.476. The molecule has 0 N–H and O–H groups in total. The molecule has 1 aromatic carbocycles. The van der Waals surface area contributed by atoms with Gasteiger partial charge < -0.3 is 9.80 Å². The van der Waals surface area contributed by atoms with E-state index in [0.29, 0.717) is 25.4 Å². The van der Waals surface area contributed by atoms with Crippen molar-refractivity contribution in [2.45, 2.75) is 39.5 Å². The first-order valence-electron chi connectivity index (χ1n) is 9.73. The van der Waals surface area contributed by atoms with Crippen molar-refractivity contribution in [1.29, 1.82) is 0 Å². The Morgan fingerprint density at radius 1 is 1.04 bits per heavy atom. The summed E-state index contributed by atoms with van der Waals surface area (Å²) in [5.41, 5.74) is 1.85. The molecule has 1 saturated heterocycles. The van der Waals surface area contributed by atoms with Gasteiger partial charge in [0.25, 0.3) is 5.56 Å². The van der Waals surface area contributed by atoms with Crippen LogP contribution >= 0.6 is 0 Å². The minimum absolute atomic E-state index is 0.146. The molecular weight excluding hydrogens is 340 g/mol. The first-order valence-corrected chi connectivity index (χ1v) is 9.73. The van der Waals surface area contributed by atoms with Gasteiger partial charge in [0.1, 0.15) is 5.82 Å². The summed E-state index contributed by atoms with van der Waals surface area (Å²) in [6.07, 6.45) is 1.48. The summed E-state index contributed by atoms with van der Waals surface area (Å²) < 4.78 is 1.45. The lowest BCUT2D eigenvalue weighted by Gasteiger charge is -2.35. The second-order valence-corrected chi connectivity index (χ2v) is 7.31. The number of benzene rings is 1. The summed E-state index contributed by atoms with van der Waals surface area (Å²) in [5.74, 6) is 1.44. The zero-order valence-corrected chi connectivity index (χ0v) is 16.4. The van der Waals surface area contributed by atoms with Crippen LogP contribution in [0, 0.1) is 0 Å². The zero-order chi connectivity index (χ0) is 19.4. The number of nitrogens with zero attached hydrogens (tertiary/aromatic N) is 4. The highest BCUT2D eigenvalue weighted by Crippen LogP contribution is 2.17. The third kappa shape index (κ3) is 4.38. The van der Waals surface area contributed by atoms with E-state index in [1.165, 1.54) is 10.2 Å². The number of amides is 1. The van der Waals surface area contributed by atoms with Gasteiger partial charge in [-0.25, -0.2) is 0 Å². The van der Waals surface area contributed by atoms with Crippen molar-refractivity contribution in [3.8, 4) is 5.69 Å². The zero-order valence-electron chi connectivity index (χ0n) is 16.4. The van der Waals surface area contributed by atoms with Crippen LogP contribution in [0.4, 0.5) is 5.82 Å². The Morgan fingerprint density at radius 2 is 1.70 bits per heavy atom. The van der Waals surface area contributed by atoms with Crippen molar-refractivity contribution in [2.75, 3.05) is 31.1 Å². The van der Waals surface area contributed by atoms with Crippen LogP contribution in [0.5, 0.6) is 0 Å². The smallest absolute Gasteiger partial charge is 0.271 e. The predicted molar refractivity (Wildman–Crippen MR) is 108 cm³/mol. The molecule has 0 unspecified atom stereocenters. The summed E-state index contributed by atoms with van der Waals surface area (Å²) in [6, 6.07) is 11.3. The van der Waals surface area contributed by atoms with Gasteiger partial charge in [0.15, 0.2) is 0 Å². The molecule has 1 aromatic heterocycles. The van der Waals surface area contributed by atoms with E-state index in [1.54, 1.807) is 12.1 Å². The molecule has 6 heteroatoms. The Hall–Kier alpha value is -2.63. The van der Waals surface area contributed by atoms with Gasteiger partial charge in [0.05, 0.1) is 5.69 Å². The van der Waals surface area contributed by atoms with Crippen molar-refractivity contribution in [2.24, 2.45) is 0 Å². The van der Waals surface area contributed by atoms with Crippen LogP contribution < -0.4 is 10.5 Å². The average Bonchev–Trinajstić information content (AvgIpc) is 2.69. The molecule has 6 nitrogen and oxygen atoms in total. The molecule has 27 heavy (non-hydrogen) atoms. The number of anilines is 1. The van der Waals surface area contributed by atoms with Crippen molar-refractivity contribution >= 4 is 11.7 Å². The van der Waals surface area contributed by atoms with Crippen LogP contribution in [0.1, 0.15) is 45.1 Å². The van der Waals surface area contributed by atoms with Gasteiger partial charge in [0.2, 0.25) is 5.91 Å². The molecule has 0 atom stereocenters. The molecule has 144 valence electrons. The maximum atomic E-state index is 12.3. The highest BCUT2D eigenvalue weighted by Gasteiger charge is 2.21. The third-order valence-electron chi connectivity index (χ3n) is 5.01. The van der Waals surface area contributed by atoms with Crippen LogP contribution in [0.15, 0.2) is 41.2 Å². The van der Waals surface area contributed by atoms with E-state index in [-0.39, 0.29) is 11.5 Å². The van der Waals surface area contributed by atoms with E-state index in [9.17, 15) is 9.59 Å². The van der Waals surface area contributed by atoms with E-state index >= 15 is 0 Å². The minimum Gasteiger partial charge on any atom is -0.352 e. The molecule has 2 heterocycles. The highest BCUT2D eigenvalue weighted by atomic mass is 16.2. The Labute approximate surface area is 160 Å². The standard InChI is InChI=1S/C21H28N4O2/c1-4-5-20(26)24-14-12-23(13-15-24)19-10-11-21(27)25(22-19)18-8-6-17(7-9-18)16(2)3/h6-11,16H,4-5,12-15H2,1-3H3. The van der Waals surface area contributed by atoms with E-state index in [1.807, 2.05) is 36.1 Å². The number of piperazine rings is 1. The first kappa shape index (κ1) is 19.1. The number of hydrogen-bond acceptors (Lipinski definition) is 4. The molecule has 0 saturated carbocycles. The van der Waals surface area contributed by atoms with Gasteiger partial charge in [-0.1, -0.05) is 32.9 Å². The molecule has 1 aliphatic heterocycles. The summed E-state index contributed by atoms with van der Waals surface area (Å²) in [7, 11) is 0. The molecule has 1 aliphatic rings. The van der Waals surface area contributed by atoms with Crippen LogP contribution in [0.3, 0.4) is 0 Å². The Morgan fingerprint density at radius 3 is 2.30 bits per heavy atom. The van der Waals surface area contributed by atoms with E-state index < -0.39 is 0 Å². The van der Waals surface area contributed by atoms with Crippen molar-refractivity contribution in [3.05, 3.63) is 52.3 Å². The third-order valence-corrected chi connectivity index (χ3v) is 5.01. The molecule has 2 aromatic rings. The normalized spacial score (nSPS) is 14.7. The summed E-state index contributed by atoms with van der Waals surface area (Å²) >= 11 is 0. The second kappa shape index (κ2) is 8.37. The van der Waals surface area contributed by atoms with Crippen LogP contribution in [0.2, 0.25) is 0 Å². The van der Waals surface area contributed by atoms with Gasteiger partial charge in [-0.3, -0.25) is 9.59 Å². The van der Waals surface area contributed by atoms with Gasteiger partial charge in [0, 0.05) is 38.7 Å². The molecule has 0 spiro atoms. The van der Waals surface area contributed by atoms with Gasteiger partial charge in [-0.05, 0) is 36.1 Å². The fourth-order valence-electron chi connectivity index (χ4n) is 3.31.